The molecular weight excluding hydrogens is 260 g/mol. The molecule has 3 heteroatoms. The maximum atomic E-state index is 8.93. The first kappa shape index (κ1) is 15.1. The summed E-state index contributed by atoms with van der Waals surface area (Å²) in [6.45, 7) is 4.64. The number of hydrogen-bond acceptors (Lipinski definition) is 3. The molecule has 2 rings (SSSR count). The van der Waals surface area contributed by atoms with Crippen LogP contribution in [0.3, 0.4) is 0 Å². The minimum atomic E-state index is 0.227. The number of nitrogens with one attached hydrogen (secondary N) is 1. The second kappa shape index (κ2) is 6.92. The molecule has 0 heterocycles. The van der Waals surface area contributed by atoms with Crippen LogP contribution in [0.15, 0.2) is 42.5 Å². The molecule has 1 atom stereocenters. The first-order chi connectivity index (χ1) is 10.1. The molecule has 2 aromatic rings. The molecule has 0 amide bonds. The van der Waals surface area contributed by atoms with Gasteiger partial charge in [0, 0.05) is 11.6 Å². The van der Waals surface area contributed by atoms with Crippen molar-refractivity contribution < 1.29 is 4.74 Å². The Morgan fingerprint density at radius 2 is 2.05 bits per heavy atom. The summed E-state index contributed by atoms with van der Waals surface area (Å²) in [6, 6.07) is 16.1. The quantitative estimate of drug-likeness (QED) is 0.907. The molecule has 0 spiro atoms. The fourth-order valence-electron chi connectivity index (χ4n) is 2.18. The van der Waals surface area contributed by atoms with Crippen molar-refractivity contribution in [1.29, 1.82) is 5.26 Å². The number of aryl methyl sites for hydroxylation is 1. The summed E-state index contributed by atoms with van der Waals surface area (Å²) in [4.78, 5) is 0. The molecule has 0 radical (unpaired) electrons. The number of nitrogens with zero attached hydrogens (tertiary/aromatic N) is 1. The molecule has 3 nitrogen and oxygen atoms in total. The fourth-order valence-corrected chi connectivity index (χ4v) is 2.18. The first-order valence-electron chi connectivity index (χ1n) is 7.03. The van der Waals surface area contributed by atoms with Crippen LogP contribution in [0.25, 0.3) is 0 Å². The summed E-state index contributed by atoms with van der Waals surface area (Å²) in [5, 5.41) is 12.2. The predicted octanol–water partition coefficient (Wildman–Crippen LogP) is 3.73. The summed E-state index contributed by atoms with van der Waals surface area (Å²) in [5.74, 6) is 0.879. The van der Waals surface area contributed by atoms with E-state index in [-0.39, 0.29) is 6.04 Å². The van der Waals surface area contributed by atoms with Crippen LogP contribution < -0.4 is 10.1 Å². The van der Waals surface area contributed by atoms with Crippen LogP contribution in [-0.2, 0) is 6.61 Å². The Morgan fingerprint density at radius 3 is 2.76 bits per heavy atom. The Hall–Kier alpha value is -2.31. The van der Waals surface area contributed by atoms with E-state index >= 15 is 0 Å². The van der Waals surface area contributed by atoms with Crippen LogP contribution in [-0.4, -0.2) is 7.05 Å². The van der Waals surface area contributed by atoms with E-state index < -0.39 is 0 Å². The summed E-state index contributed by atoms with van der Waals surface area (Å²) in [6.07, 6.45) is 0. The molecule has 0 fully saturated rings. The van der Waals surface area contributed by atoms with E-state index in [2.05, 4.69) is 31.3 Å². The average Bonchev–Trinajstić information content (AvgIpc) is 2.53. The van der Waals surface area contributed by atoms with Gasteiger partial charge in [-0.25, -0.2) is 0 Å². The van der Waals surface area contributed by atoms with E-state index in [1.54, 1.807) is 6.07 Å². The maximum absolute atomic E-state index is 8.93. The Morgan fingerprint density at radius 1 is 1.24 bits per heavy atom. The lowest BCUT2D eigenvalue weighted by Crippen LogP contribution is -2.14. The zero-order valence-electron chi connectivity index (χ0n) is 12.7. The van der Waals surface area contributed by atoms with Gasteiger partial charge in [0.1, 0.15) is 12.4 Å². The minimum Gasteiger partial charge on any atom is -0.489 e. The predicted molar refractivity (Wildman–Crippen MR) is 84.1 cm³/mol. The monoisotopic (exact) mass is 280 g/mol. The third-order valence-electron chi connectivity index (χ3n) is 3.52. The molecule has 0 bridgehead atoms. The number of nitriles is 1. The van der Waals surface area contributed by atoms with Crippen LogP contribution in [0, 0.1) is 18.3 Å². The van der Waals surface area contributed by atoms with Gasteiger partial charge >= 0.3 is 0 Å². The zero-order chi connectivity index (χ0) is 15.2. The van der Waals surface area contributed by atoms with E-state index in [0.29, 0.717) is 12.2 Å². The summed E-state index contributed by atoms with van der Waals surface area (Å²) in [7, 11) is 1.94. The van der Waals surface area contributed by atoms with Crippen LogP contribution >= 0.6 is 0 Å². The van der Waals surface area contributed by atoms with Gasteiger partial charge in [0.15, 0.2) is 0 Å². The normalized spacial score (nSPS) is 11.7. The van der Waals surface area contributed by atoms with Gasteiger partial charge in [0.2, 0.25) is 0 Å². The largest absolute Gasteiger partial charge is 0.489 e. The third kappa shape index (κ3) is 3.84. The van der Waals surface area contributed by atoms with Crippen molar-refractivity contribution >= 4 is 0 Å². The van der Waals surface area contributed by atoms with Gasteiger partial charge in [0.25, 0.3) is 0 Å². The SMILES string of the molecule is CNC(C)c1cc(C)ccc1OCc1cccc(C#N)c1. The average molecular weight is 280 g/mol. The second-order valence-corrected chi connectivity index (χ2v) is 5.15. The van der Waals surface area contributed by atoms with Gasteiger partial charge in [-0.3, -0.25) is 0 Å². The molecule has 0 saturated heterocycles. The molecule has 0 saturated carbocycles. The number of ether oxygens (including phenoxy) is 1. The maximum Gasteiger partial charge on any atom is 0.124 e. The van der Waals surface area contributed by atoms with Crippen molar-refractivity contribution in [1.82, 2.24) is 5.32 Å². The van der Waals surface area contributed by atoms with Crippen molar-refractivity contribution in [2.24, 2.45) is 0 Å². The van der Waals surface area contributed by atoms with E-state index in [9.17, 15) is 0 Å². The number of hydrogen-bond donors (Lipinski definition) is 1. The van der Waals surface area contributed by atoms with E-state index in [4.69, 9.17) is 10.00 Å². The molecule has 0 aliphatic rings. The third-order valence-corrected chi connectivity index (χ3v) is 3.52. The van der Waals surface area contributed by atoms with Crippen LogP contribution in [0.5, 0.6) is 5.75 Å². The van der Waals surface area contributed by atoms with Crippen LogP contribution in [0.2, 0.25) is 0 Å². The van der Waals surface area contributed by atoms with Crippen LogP contribution in [0.1, 0.15) is 35.2 Å². The highest BCUT2D eigenvalue weighted by molar-refractivity contribution is 5.39. The van der Waals surface area contributed by atoms with Crippen molar-refractivity contribution in [3.8, 4) is 11.8 Å². The Balaban J connectivity index is 2.18. The zero-order valence-corrected chi connectivity index (χ0v) is 12.7. The molecular formula is C18H20N2O. The molecule has 1 unspecified atom stereocenters. The van der Waals surface area contributed by atoms with Gasteiger partial charge in [-0.15, -0.1) is 0 Å². The van der Waals surface area contributed by atoms with Crippen molar-refractivity contribution in [3.05, 3.63) is 64.7 Å². The minimum absolute atomic E-state index is 0.227. The fraction of sp³-hybridized carbons (Fsp3) is 0.278. The van der Waals surface area contributed by atoms with Gasteiger partial charge in [-0.1, -0.05) is 29.8 Å². The molecule has 0 aliphatic carbocycles. The highest BCUT2D eigenvalue weighted by Crippen LogP contribution is 2.27. The summed E-state index contributed by atoms with van der Waals surface area (Å²) in [5.41, 5.74) is 4.02. The molecule has 2 aromatic carbocycles. The van der Waals surface area contributed by atoms with Gasteiger partial charge in [-0.2, -0.15) is 5.26 Å². The van der Waals surface area contributed by atoms with Gasteiger partial charge < -0.3 is 10.1 Å². The lowest BCUT2D eigenvalue weighted by atomic mass is 10.0. The Labute approximate surface area is 126 Å². The summed E-state index contributed by atoms with van der Waals surface area (Å²) < 4.78 is 5.95. The van der Waals surface area contributed by atoms with Crippen molar-refractivity contribution in [2.45, 2.75) is 26.5 Å². The summed E-state index contributed by atoms with van der Waals surface area (Å²) >= 11 is 0. The van der Waals surface area contributed by atoms with Crippen molar-refractivity contribution in [2.75, 3.05) is 7.05 Å². The van der Waals surface area contributed by atoms with E-state index in [1.165, 1.54) is 5.56 Å². The Kier molecular flexibility index (Phi) is 4.97. The highest BCUT2D eigenvalue weighted by Gasteiger charge is 2.10. The molecule has 1 N–H and O–H groups in total. The van der Waals surface area contributed by atoms with Crippen molar-refractivity contribution in [3.63, 3.8) is 0 Å². The lowest BCUT2D eigenvalue weighted by molar-refractivity contribution is 0.300. The second-order valence-electron chi connectivity index (χ2n) is 5.15. The highest BCUT2D eigenvalue weighted by atomic mass is 16.5. The van der Waals surface area contributed by atoms with Gasteiger partial charge in [-0.05, 0) is 44.7 Å². The van der Waals surface area contributed by atoms with E-state index in [0.717, 1.165) is 16.9 Å². The topological polar surface area (TPSA) is 45.0 Å². The molecule has 108 valence electrons. The smallest absolute Gasteiger partial charge is 0.124 e. The number of benzene rings is 2. The van der Waals surface area contributed by atoms with E-state index in [1.807, 2.05) is 37.4 Å². The lowest BCUT2D eigenvalue weighted by Gasteiger charge is -2.17. The first-order valence-corrected chi connectivity index (χ1v) is 7.03. The standard InChI is InChI=1S/C18H20N2O/c1-13-7-8-18(17(9-13)14(2)20-3)21-12-16-6-4-5-15(10-16)11-19/h4-10,14,20H,12H2,1-3H3. The Bertz CT molecular complexity index is 659. The number of rotatable bonds is 5. The molecule has 21 heavy (non-hydrogen) atoms. The van der Waals surface area contributed by atoms with Crippen LogP contribution in [0.4, 0.5) is 0 Å². The molecule has 0 aliphatic heterocycles. The van der Waals surface area contributed by atoms with Gasteiger partial charge in [0.05, 0.1) is 11.6 Å². The molecule has 0 aromatic heterocycles.